The molecule has 0 bridgehead atoms. The molecule has 29 heavy (non-hydrogen) atoms. The lowest BCUT2D eigenvalue weighted by Gasteiger charge is -2.47. The number of likely N-dealkylation sites (tertiary alicyclic amines) is 1. The Morgan fingerprint density at radius 3 is 2.90 bits per heavy atom. The molecule has 5 heterocycles. The fourth-order valence-corrected chi connectivity index (χ4v) is 5.23. The highest BCUT2D eigenvalue weighted by Crippen LogP contribution is 2.48. The summed E-state index contributed by atoms with van der Waals surface area (Å²) in [5.74, 6) is 0. The van der Waals surface area contributed by atoms with Crippen LogP contribution >= 0.6 is 11.6 Å². The Kier molecular flexibility index (Phi) is 3.64. The van der Waals surface area contributed by atoms with E-state index in [2.05, 4.69) is 49.9 Å². The van der Waals surface area contributed by atoms with Gasteiger partial charge in [0.1, 0.15) is 0 Å². The van der Waals surface area contributed by atoms with Gasteiger partial charge in [-0.2, -0.15) is 10.2 Å². The second-order valence-electron chi connectivity index (χ2n) is 8.45. The number of rotatable bonds is 3. The quantitative estimate of drug-likeness (QED) is 0.556. The van der Waals surface area contributed by atoms with Crippen LogP contribution < -0.4 is 0 Å². The molecule has 0 unspecified atom stereocenters. The highest BCUT2D eigenvalue weighted by Gasteiger charge is 2.52. The number of aromatic amines is 1. The number of aromatic nitrogens is 5. The number of halogens is 1. The third-order valence-electron chi connectivity index (χ3n) is 6.37. The molecule has 0 radical (unpaired) electrons. The second kappa shape index (κ2) is 6.15. The molecule has 1 aromatic carbocycles. The zero-order valence-electron chi connectivity index (χ0n) is 16.1. The molecule has 6 nitrogen and oxygen atoms in total. The van der Waals surface area contributed by atoms with Gasteiger partial charge in [-0.1, -0.05) is 29.8 Å². The van der Waals surface area contributed by atoms with Gasteiger partial charge in [-0.3, -0.25) is 19.7 Å². The van der Waals surface area contributed by atoms with Gasteiger partial charge in [-0.15, -0.1) is 0 Å². The lowest BCUT2D eigenvalue weighted by Crippen LogP contribution is -2.57. The molecule has 1 N–H and O–H groups in total. The van der Waals surface area contributed by atoms with Crippen LogP contribution in [0.15, 0.2) is 48.8 Å². The average Bonchev–Trinajstić information content (AvgIpc) is 3.38. The molecular formula is C22H21ClN6. The Morgan fingerprint density at radius 2 is 2.07 bits per heavy atom. The van der Waals surface area contributed by atoms with Crippen LogP contribution in [-0.2, 0) is 12.0 Å². The fourth-order valence-electron chi connectivity index (χ4n) is 5.08. The van der Waals surface area contributed by atoms with Gasteiger partial charge in [-0.05, 0) is 31.5 Å². The number of para-hydroxylation sites is 1. The first-order valence-corrected chi connectivity index (χ1v) is 10.3. The molecule has 2 aliphatic heterocycles. The van der Waals surface area contributed by atoms with Gasteiger partial charge < -0.3 is 0 Å². The molecule has 0 amide bonds. The predicted octanol–water partition coefficient (Wildman–Crippen LogP) is 4.19. The molecule has 4 aromatic rings. The minimum atomic E-state index is 0.182. The second-order valence-corrected chi connectivity index (χ2v) is 8.86. The van der Waals surface area contributed by atoms with Gasteiger partial charge in [0.2, 0.25) is 0 Å². The largest absolute Gasteiger partial charge is 0.295 e. The molecule has 0 aliphatic carbocycles. The van der Waals surface area contributed by atoms with Crippen LogP contribution in [0.4, 0.5) is 0 Å². The summed E-state index contributed by atoms with van der Waals surface area (Å²) in [6.07, 6.45) is 4.74. The number of nitrogens with one attached hydrogen (secondary N) is 1. The molecular weight excluding hydrogens is 384 g/mol. The number of H-pyrrole nitrogens is 1. The van der Waals surface area contributed by atoms with Crippen molar-refractivity contribution in [2.24, 2.45) is 0 Å². The van der Waals surface area contributed by atoms with Crippen LogP contribution in [0.2, 0.25) is 5.02 Å². The molecule has 1 fully saturated rings. The van der Waals surface area contributed by atoms with Crippen molar-refractivity contribution in [1.29, 1.82) is 0 Å². The Labute approximate surface area is 173 Å². The van der Waals surface area contributed by atoms with E-state index in [0.29, 0.717) is 11.1 Å². The van der Waals surface area contributed by atoms with E-state index in [-0.39, 0.29) is 5.41 Å². The lowest BCUT2D eigenvalue weighted by atomic mass is 9.74. The minimum absolute atomic E-state index is 0.182. The summed E-state index contributed by atoms with van der Waals surface area (Å²) in [6.45, 7) is 5.12. The van der Waals surface area contributed by atoms with Gasteiger partial charge in [0.25, 0.3) is 0 Å². The summed E-state index contributed by atoms with van der Waals surface area (Å²) in [5.41, 5.74) is 5.62. The monoisotopic (exact) mass is 404 g/mol. The van der Waals surface area contributed by atoms with Crippen LogP contribution in [0.3, 0.4) is 0 Å². The van der Waals surface area contributed by atoms with Gasteiger partial charge in [0, 0.05) is 47.9 Å². The summed E-state index contributed by atoms with van der Waals surface area (Å²) in [7, 11) is 0. The Morgan fingerprint density at radius 1 is 1.21 bits per heavy atom. The van der Waals surface area contributed by atoms with Crippen LogP contribution in [0.5, 0.6) is 0 Å². The number of fused-ring (bicyclic) bond motifs is 3. The van der Waals surface area contributed by atoms with Gasteiger partial charge in [0.05, 0.1) is 34.2 Å². The maximum Gasteiger partial charge on any atom is 0.0942 e. The number of hydrogen-bond acceptors (Lipinski definition) is 4. The molecule has 146 valence electrons. The van der Waals surface area contributed by atoms with E-state index in [9.17, 15) is 0 Å². The van der Waals surface area contributed by atoms with Crippen molar-refractivity contribution < 1.29 is 0 Å². The SMILES string of the molecule is C[C@@H]1CC2(CN(Cc3[nH]ncc3Cl)C2)c2cc(-c3cnc4ccccc4c3)nn21. The molecule has 2 aliphatic rings. The van der Waals surface area contributed by atoms with Gasteiger partial charge >= 0.3 is 0 Å². The standard InChI is InChI=1S/C22H21ClN6/c1-14-8-22(12-28(13-22)11-20-17(23)10-25-26-20)21-7-19(27-29(14)21)16-6-15-4-2-3-5-18(15)24-9-16/h2-7,9-10,14H,8,11-13H2,1H3,(H,25,26)/t14-/m1/s1. The molecule has 6 rings (SSSR count). The summed E-state index contributed by atoms with van der Waals surface area (Å²) < 4.78 is 2.23. The van der Waals surface area contributed by atoms with E-state index in [4.69, 9.17) is 16.7 Å². The highest BCUT2D eigenvalue weighted by atomic mass is 35.5. The first kappa shape index (κ1) is 17.2. The summed E-state index contributed by atoms with van der Waals surface area (Å²) in [5, 5.41) is 13.8. The summed E-state index contributed by atoms with van der Waals surface area (Å²) >= 11 is 6.19. The summed E-state index contributed by atoms with van der Waals surface area (Å²) in [4.78, 5) is 7.04. The third-order valence-corrected chi connectivity index (χ3v) is 6.69. The normalized spacial score (nSPS) is 20.3. The predicted molar refractivity (Wildman–Crippen MR) is 113 cm³/mol. The third kappa shape index (κ3) is 2.63. The molecule has 1 atom stereocenters. The highest BCUT2D eigenvalue weighted by molar-refractivity contribution is 6.31. The van der Waals surface area contributed by atoms with Crippen LogP contribution in [0.25, 0.3) is 22.2 Å². The maximum atomic E-state index is 6.19. The molecule has 0 saturated carbocycles. The Bertz CT molecular complexity index is 1220. The van der Waals surface area contributed by atoms with E-state index in [0.717, 1.165) is 53.9 Å². The topological polar surface area (TPSA) is 62.6 Å². The zero-order chi connectivity index (χ0) is 19.6. The van der Waals surface area contributed by atoms with Crippen LogP contribution in [0.1, 0.15) is 30.8 Å². The number of pyridine rings is 1. The van der Waals surface area contributed by atoms with Crippen molar-refractivity contribution in [1.82, 2.24) is 29.9 Å². The van der Waals surface area contributed by atoms with Crippen molar-refractivity contribution in [3.8, 4) is 11.3 Å². The zero-order valence-corrected chi connectivity index (χ0v) is 16.9. The van der Waals surface area contributed by atoms with Crippen molar-refractivity contribution in [3.05, 3.63) is 65.2 Å². The summed E-state index contributed by atoms with van der Waals surface area (Å²) in [6, 6.07) is 13.1. The van der Waals surface area contributed by atoms with E-state index in [1.807, 2.05) is 24.4 Å². The van der Waals surface area contributed by atoms with Crippen LogP contribution in [-0.4, -0.2) is 43.0 Å². The molecule has 3 aromatic heterocycles. The van der Waals surface area contributed by atoms with E-state index < -0.39 is 0 Å². The lowest BCUT2D eigenvalue weighted by molar-refractivity contribution is 0.0544. The fraction of sp³-hybridized carbons (Fsp3) is 0.318. The molecule has 1 spiro atoms. The first-order valence-electron chi connectivity index (χ1n) is 9.97. The van der Waals surface area contributed by atoms with Crippen molar-refractivity contribution >= 4 is 22.5 Å². The molecule has 1 saturated heterocycles. The average molecular weight is 405 g/mol. The Hall–Kier alpha value is -2.70. The van der Waals surface area contributed by atoms with Crippen molar-refractivity contribution in [3.63, 3.8) is 0 Å². The van der Waals surface area contributed by atoms with Crippen LogP contribution in [0, 0.1) is 0 Å². The molecule has 7 heteroatoms. The van der Waals surface area contributed by atoms with Gasteiger partial charge in [0.15, 0.2) is 0 Å². The number of nitrogens with zero attached hydrogens (tertiary/aromatic N) is 5. The first-order chi connectivity index (χ1) is 14.1. The van der Waals surface area contributed by atoms with Crippen molar-refractivity contribution in [2.45, 2.75) is 31.3 Å². The Balaban J connectivity index is 1.29. The van der Waals surface area contributed by atoms with E-state index in [1.54, 1.807) is 6.20 Å². The minimum Gasteiger partial charge on any atom is -0.295 e. The van der Waals surface area contributed by atoms with E-state index >= 15 is 0 Å². The maximum absolute atomic E-state index is 6.19. The smallest absolute Gasteiger partial charge is 0.0942 e. The number of benzene rings is 1. The van der Waals surface area contributed by atoms with Crippen molar-refractivity contribution in [2.75, 3.05) is 13.1 Å². The van der Waals surface area contributed by atoms with Gasteiger partial charge in [-0.25, -0.2) is 0 Å². The number of hydrogen-bond donors (Lipinski definition) is 1. The van der Waals surface area contributed by atoms with E-state index in [1.165, 1.54) is 5.69 Å².